The van der Waals surface area contributed by atoms with Gasteiger partial charge in [0.2, 0.25) is 17.5 Å². The fraction of sp³-hybridized carbons (Fsp3) is 0.333. The number of aromatic nitrogens is 1. The summed E-state index contributed by atoms with van der Waals surface area (Å²) in [4.78, 5) is 37.6. The number of aromatic hydroxyl groups is 2. The highest BCUT2D eigenvalue weighted by Gasteiger charge is 2.54. The Labute approximate surface area is 182 Å². The number of hydrogen-bond acceptors (Lipinski definition) is 9. The van der Waals surface area contributed by atoms with E-state index in [1.165, 1.54) is 0 Å². The quantitative estimate of drug-likeness (QED) is 0.229. The zero-order valence-corrected chi connectivity index (χ0v) is 17.6. The summed E-state index contributed by atoms with van der Waals surface area (Å²) in [6, 6.07) is 0.718. The summed E-state index contributed by atoms with van der Waals surface area (Å²) in [6.07, 6.45) is 0.0662. The van der Waals surface area contributed by atoms with Gasteiger partial charge < -0.3 is 29.3 Å². The molecular weight excluding hydrogens is 456 g/mol. The molecule has 1 aromatic heterocycles. The zero-order chi connectivity index (χ0) is 23.2. The first-order valence-electron chi connectivity index (χ1n) is 8.76. The van der Waals surface area contributed by atoms with Gasteiger partial charge in [-0.2, -0.15) is 0 Å². The van der Waals surface area contributed by atoms with Crippen LogP contribution in [0.4, 0.5) is 0 Å². The van der Waals surface area contributed by atoms with Crippen LogP contribution in [0, 0.1) is 0 Å². The van der Waals surface area contributed by atoms with E-state index < -0.39 is 73.5 Å². The van der Waals surface area contributed by atoms with E-state index in [0.717, 1.165) is 30.0 Å². The van der Waals surface area contributed by atoms with E-state index in [2.05, 4.69) is 5.16 Å². The molecule has 1 fully saturated rings. The number of benzene rings is 1. The van der Waals surface area contributed by atoms with E-state index in [-0.39, 0.29) is 12.0 Å². The smallest absolute Gasteiger partial charge is 0.328 e. The van der Waals surface area contributed by atoms with Crippen LogP contribution in [0.15, 0.2) is 22.7 Å². The van der Waals surface area contributed by atoms with Crippen LogP contribution < -0.4 is 0 Å². The SMILES string of the molecule is C[C@@H]1CC(=O)N1[C@@H](C(=O)O)[C@](C)(c1cc(C(=O)c2ccc(O)c(O)c2Cl)on1)S(=O)[O-]. The molecule has 4 atom stereocenters. The van der Waals surface area contributed by atoms with Gasteiger partial charge in [-0.05, 0) is 37.1 Å². The topological polar surface area (TPSA) is 181 Å². The van der Waals surface area contributed by atoms with Crippen molar-refractivity contribution in [1.29, 1.82) is 0 Å². The molecule has 166 valence electrons. The summed E-state index contributed by atoms with van der Waals surface area (Å²) < 4.78 is 27.0. The van der Waals surface area contributed by atoms with Gasteiger partial charge in [-0.25, -0.2) is 4.79 Å². The fourth-order valence-corrected chi connectivity index (χ4v) is 4.31. The van der Waals surface area contributed by atoms with Crippen molar-refractivity contribution < 1.29 is 43.0 Å². The molecule has 2 aromatic rings. The Kier molecular flexibility index (Phi) is 5.82. The van der Waals surface area contributed by atoms with Gasteiger partial charge in [-0.15, -0.1) is 0 Å². The van der Waals surface area contributed by atoms with Gasteiger partial charge in [0.05, 0.1) is 5.02 Å². The largest absolute Gasteiger partial charge is 0.772 e. The Morgan fingerprint density at radius 1 is 1.42 bits per heavy atom. The normalized spacial score (nSPS) is 19.9. The monoisotopic (exact) mass is 471 g/mol. The number of likely N-dealkylation sites (tertiary alicyclic amines) is 1. The molecule has 0 radical (unpaired) electrons. The molecule has 0 saturated carbocycles. The van der Waals surface area contributed by atoms with Crippen LogP contribution in [0.25, 0.3) is 0 Å². The molecular formula is C18H16ClN2O9S-. The van der Waals surface area contributed by atoms with Gasteiger partial charge in [0.1, 0.15) is 10.4 Å². The molecule has 1 amide bonds. The number of phenolic OH excluding ortho intramolecular Hbond substituents is 2. The molecule has 3 rings (SSSR count). The second kappa shape index (κ2) is 7.94. The third kappa shape index (κ3) is 3.56. The molecule has 1 aliphatic heterocycles. The number of amides is 1. The van der Waals surface area contributed by atoms with Gasteiger partial charge in [0, 0.05) is 24.1 Å². The Morgan fingerprint density at radius 2 is 2.06 bits per heavy atom. The maximum absolute atomic E-state index is 12.7. The van der Waals surface area contributed by atoms with Gasteiger partial charge >= 0.3 is 5.97 Å². The predicted octanol–water partition coefficient (Wildman–Crippen LogP) is 1.14. The van der Waals surface area contributed by atoms with E-state index in [0.29, 0.717) is 0 Å². The van der Waals surface area contributed by atoms with Crippen molar-refractivity contribution >= 4 is 40.3 Å². The molecule has 11 nitrogen and oxygen atoms in total. The van der Waals surface area contributed by atoms with Crippen LogP contribution in [0.3, 0.4) is 0 Å². The minimum atomic E-state index is -3.10. The maximum atomic E-state index is 12.7. The van der Waals surface area contributed by atoms with Crippen molar-refractivity contribution in [2.45, 2.75) is 37.1 Å². The Balaban J connectivity index is 2.06. The molecule has 2 heterocycles. The molecule has 0 spiro atoms. The predicted molar refractivity (Wildman–Crippen MR) is 103 cm³/mol. The van der Waals surface area contributed by atoms with Crippen molar-refractivity contribution in [3.05, 3.63) is 40.2 Å². The number of ketones is 1. The summed E-state index contributed by atoms with van der Waals surface area (Å²) in [5.41, 5.74) is -0.687. The molecule has 31 heavy (non-hydrogen) atoms. The number of carboxylic acid groups (broad SMARTS) is 1. The number of carboxylic acids is 1. The highest BCUT2D eigenvalue weighted by molar-refractivity contribution is 7.80. The van der Waals surface area contributed by atoms with E-state index in [9.17, 15) is 38.5 Å². The summed E-state index contributed by atoms with van der Waals surface area (Å²) in [5, 5.41) is 32.0. The lowest BCUT2D eigenvalue weighted by molar-refractivity contribution is -0.163. The number of carbonyl (C=O) groups is 3. The Hall–Kier alpha value is -2.96. The molecule has 1 aliphatic rings. The number of halogens is 1. The van der Waals surface area contributed by atoms with Crippen molar-refractivity contribution in [2.75, 3.05) is 0 Å². The minimum absolute atomic E-state index is 0.0662. The zero-order valence-electron chi connectivity index (χ0n) is 16.1. The van der Waals surface area contributed by atoms with Gasteiger partial charge in [-0.3, -0.25) is 13.8 Å². The van der Waals surface area contributed by atoms with E-state index >= 15 is 0 Å². The summed E-state index contributed by atoms with van der Waals surface area (Å²) >= 11 is 2.77. The van der Waals surface area contributed by atoms with Crippen LogP contribution in [-0.2, 0) is 25.4 Å². The number of aliphatic carboxylic acids is 1. The standard InChI is InChI=1S/C18H17ClN2O9S/c1-7-5-12(23)21(7)16(17(26)27)18(2,31(28)29)11-6-10(30-20-11)14(24)8-3-4-9(22)15(25)13(8)19/h3-4,6-7,16,22,25H,5H2,1-2H3,(H,26,27)(H,28,29)/p-1/t7-,16+,18+/m1/s1. The molecule has 0 bridgehead atoms. The highest BCUT2D eigenvalue weighted by Crippen LogP contribution is 2.39. The first-order valence-corrected chi connectivity index (χ1v) is 10.2. The first kappa shape index (κ1) is 22.7. The summed E-state index contributed by atoms with van der Waals surface area (Å²) in [5.74, 6) is -4.82. The molecule has 1 aromatic carbocycles. The van der Waals surface area contributed by atoms with Crippen molar-refractivity contribution in [1.82, 2.24) is 10.1 Å². The number of carbonyl (C=O) groups excluding carboxylic acids is 2. The molecule has 3 N–H and O–H groups in total. The lowest BCUT2D eigenvalue weighted by Crippen LogP contribution is -2.65. The van der Waals surface area contributed by atoms with Gasteiger partial charge in [0.15, 0.2) is 17.5 Å². The third-order valence-corrected chi connectivity index (χ3v) is 6.70. The molecule has 0 aliphatic carbocycles. The van der Waals surface area contributed by atoms with Crippen LogP contribution >= 0.6 is 11.6 Å². The molecule has 1 unspecified atom stereocenters. The molecule has 13 heteroatoms. The summed E-state index contributed by atoms with van der Waals surface area (Å²) in [7, 11) is 0. The number of hydrogen-bond donors (Lipinski definition) is 3. The Morgan fingerprint density at radius 3 is 2.58 bits per heavy atom. The van der Waals surface area contributed by atoms with Gasteiger partial charge in [-0.1, -0.05) is 16.8 Å². The van der Waals surface area contributed by atoms with Gasteiger partial charge in [0.25, 0.3) is 0 Å². The van der Waals surface area contributed by atoms with E-state index in [1.807, 2.05) is 0 Å². The first-order chi connectivity index (χ1) is 14.4. The van der Waals surface area contributed by atoms with Crippen molar-refractivity contribution in [2.24, 2.45) is 0 Å². The average molecular weight is 472 g/mol. The fourth-order valence-electron chi connectivity index (χ4n) is 3.40. The van der Waals surface area contributed by atoms with Crippen LogP contribution in [-0.4, -0.2) is 63.9 Å². The third-order valence-electron chi connectivity index (χ3n) is 5.20. The molecule has 1 saturated heterocycles. The Bertz CT molecular complexity index is 1120. The number of nitrogens with zero attached hydrogens (tertiary/aromatic N) is 2. The van der Waals surface area contributed by atoms with Crippen LogP contribution in [0.2, 0.25) is 5.02 Å². The number of rotatable bonds is 7. The minimum Gasteiger partial charge on any atom is -0.772 e. The maximum Gasteiger partial charge on any atom is 0.328 e. The van der Waals surface area contributed by atoms with E-state index in [1.54, 1.807) is 6.92 Å². The lowest BCUT2D eigenvalue weighted by Gasteiger charge is -2.48. The highest BCUT2D eigenvalue weighted by atomic mass is 35.5. The van der Waals surface area contributed by atoms with Crippen molar-refractivity contribution in [3.8, 4) is 11.5 Å². The van der Waals surface area contributed by atoms with Crippen LogP contribution in [0.1, 0.15) is 42.1 Å². The van der Waals surface area contributed by atoms with Crippen molar-refractivity contribution in [3.63, 3.8) is 0 Å². The number of phenols is 2. The second-order valence-electron chi connectivity index (χ2n) is 7.14. The average Bonchev–Trinajstić information content (AvgIpc) is 3.19. The number of β-lactam (4-membered cyclic amide) rings is 1. The lowest BCUT2D eigenvalue weighted by atomic mass is 9.89. The summed E-state index contributed by atoms with van der Waals surface area (Å²) in [6.45, 7) is 2.63. The van der Waals surface area contributed by atoms with Crippen LogP contribution in [0.5, 0.6) is 11.5 Å². The van der Waals surface area contributed by atoms with E-state index in [4.69, 9.17) is 16.1 Å². The second-order valence-corrected chi connectivity index (χ2v) is 8.83.